The number of esters is 2. The first-order chi connectivity index (χ1) is 11.7. The van der Waals surface area contributed by atoms with E-state index in [0.717, 1.165) is 31.2 Å². The first-order valence-corrected chi connectivity index (χ1v) is 9.03. The molecule has 0 radical (unpaired) electrons. The van der Waals surface area contributed by atoms with Crippen LogP contribution in [0.5, 0.6) is 0 Å². The standard InChI is InChI=1S/C20H30O4/c1-3-5-6-10-13-18(14-15-19(21)23-4-2)20(22)24-16-17-11-8-7-9-12-17/h7-9,11-12,18H,3-6,10,13-16H2,1-2H3. The quantitative estimate of drug-likeness (QED) is 0.412. The van der Waals surface area contributed by atoms with Gasteiger partial charge in [-0.1, -0.05) is 62.9 Å². The zero-order chi connectivity index (χ0) is 17.6. The molecular formula is C20H30O4. The molecule has 0 aliphatic heterocycles. The molecule has 0 amide bonds. The molecule has 1 unspecified atom stereocenters. The molecule has 0 aromatic heterocycles. The van der Waals surface area contributed by atoms with Gasteiger partial charge in [-0.25, -0.2) is 0 Å². The maximum atomic E-state index is 12.4. The smallest absolute Gasteiger partial charge is 0.309 e. The summed E-state index contributed by atoms with van der Waals surface area (Å²) in [6.07, 6.45) is 5.97. The van der Waals surface area contributed by atoms with E-state index in [2.05, 4.69) is 6.92 Å². The van der Waals surface area contributed by atoms with E-state index in [9.17, 15) is 9.59 Å². The lowest BCUT2D eigenvalue weighted by atomic mass is 9.96. The third-order valence-electron chi connectivity index (χ3n) is 3.97. The Morgan fingerprint density at radius 2 is 1.71 bits per heavy atom. The number of carbonyl (C=O) groups excluding carboxylic acids is 2. The average Bonchev–Trinajstić information content (AvgIpc) is 2.60. The number of rotatable bonds is 12. The molecule has 0 heterocycles. The Kier molecular flexibility index (Phi) is 10.6. The molecule has 1 atom stereocenters. The van der Waals surface area contributed by atoms with Crippen molar-refractivity contribution in [3.05, 3.63) is 35.9 Å². The van der Waals surface area contributed by atoms with Gasteiger partial charge >= 0.3 is 11.9 Å². The molecule has 0 bridgehead atoms. The number of hydrogen-bond donors (Lipinski definition) is 0. The van der Waals surface area contributed by atoms with Crippen molar-refractivity contribution in [3.63, 3.8) is 0 Å². The summed E-state index contributed by atoms with van der Waals surface area (Å²) in [6, 6.07) is 9.64. The van der Waals surface area contributed by atoms with E-state index >= 15 is 0 Å². The van der Waals surface area contributed by atoms with Crippen LogP contribution in [0, 0.1) is 5.92 Å². The van der Waals surface area contributed by atoms with Crippen molar-refractivity contribution in [2.24, 2.45) is 5.92 Å². The van der Waals surface area contributed by atoms with Gasteiger partial charge in [0.05, 0.1) is 12.5 Å². The summed E-state index contributed by atoms with van der Waals surface area (Å²) < 4.78 is 10.4. The van der Waals surface area contributed by atoms with Crippen LogP contribution in [0.2, 0.25) is 0 Å². The summed E-state index contributed by atoms with van der Waals surface area (Å²) in [5, 5.41) is 0. The van der Waals surface area contributed by atoms with Crippen LogP contribution < -0.4 is 0 Å². The molecule has 134 valence electrons. The van der Waals surface area contributed by atoms with Crippen LogP contribution in [0.25, 0.3) is 0 Å². The summed E-state index contributed by atoms with van der Waals surface area (Å²) >= 11 is 0. The van der Waals surface area contributed by atoms with E-state index in [0.29, 0.717) is 13.0 Å². The van der Waals surface area contributed by atoms with Gasteiger partial charge in [0.1, 0.15) is 6.61 Å². The van der Waals surface area contributed by atoms with Crippen LogP contribution in [0.15, 0.2) is 30.3 Å². The number of hydrogen-bond acceptors (Lipinski definition) is 4. The molecule has 24 heavy (non-hydrogen) atoms. The van der Waals surface area contributed by atoms with Crippen molar-refractivity contribution in [3.8, 4) is 0 Å². The summed E-state index contributed by atoms with van der Waals surface area (Å²) in [5.74, 6) is -0.679. The topological polar surface area (TPSA) is 52.6 Å². The van der Waals surface area contributed by atoms with Crippen molar-refractivity contribution in [1.82, 2.24) is 0 Å². The van der Waals surface area contributed by atoms with Crippen LogP contribution >= 0.6 is 0 Å². The molecule has 0 N–H and O–H groups in total. The van der Waals surface area contributed by atoms with E-state index in [4.69, 9.17) is 9.47 Å². The first kappa shape index (κ1) is 20.2. The summed E-state index contributed by atoms with van der Waals surface area (Å²) in [4.78, 5) is 23.9. The molecule has 4 heteroatoms. The number of unbranched alkanes of at least 4 members (excludes halogenated alkanes) is 3. The fraction of sp³-hybridized carbons (Fsp3) is 0.600. The number of benzene rings is 1. The SMILES string of the molecule is CCCCCCC(CCC(=O)OCC)C(=O)OCc1ccccc1. The Balaban J connectivity index is 2.47. The zero-order valence-electron chi connectivity index (χ0n) is 15.0. The van der Waals surface area contributed by atoms with E-state index in [1.165, 1.54) is 6.42 Å². The van der Waals surface area contributed by atoms with E-state index in [-0.39, 0.29) is 30.9 Å². The highest BCUT2D eigenvalue weighted by atomic mass is 16.5. The first-order valence-electron chi connectivity index (χ1n) is 9.03. The molecule has 0 aliphatic carbocycles. The molecule has 0 fully saturated rings. The molecule has 0 aliphatic rings. The largest absolute Gasteiger partial charge is 0.466 e. The number of ether oxygens (including phenoxy) is 2. The molecule has 1 rings (SSSR count). The highest BCUT2D eigenvalue weighted by Gasteiger charge is 2.21. The minimum Gasteiger partial charge on any atom is -0.466 e. The predicted octanol–water partition coefficient (Wildman–Crippen LogP) is 4.66. The Morgan fingerprint density at radius 1 is 0.958 bits per heavy atom. The lowest BCUT2D eigenvalue weighted by Gasteiger charge is -2.16. The summed E-state index contributed by atoms with van der Waals surface area (Å²) in [5.41, 5.74) is 0.973. The highest BCUT2D eigenvalue weighted by Crippen LogP contribution is 2.19. The summed E-state index contributed by atoms with van der Waals surface area (Å²) in [7, 11) is 0. The predicted molar refractivity (Wildman–Crippen MR) is 94.4 cm³/mol. The Morgan fingerprint density at radius 3 is 2.38 bits per heavy atom. The molecule has 0 saturated carbocycles. The van der Waals surface area contributed by atoms with Crippen LogP contribution in [-0.2, 0) is 25.7 Å². The van der Waals surface area contributed by atoms with Crippen molar-refractivity contribution in [2.75, 3.05) is 6.61 Å². The van der Waals surface area contributed by atoms with Gasteiger partial charge in [-0.2, -0.15) is 0 Å². The Labute approximate surface area is 145 Å². The minimum absolute atomic E-state index is 0.209. The fourth-order valence-electron chi connectivity index (χ4n) is 2.57. The third kappa shape index (κ3) is 8.70. The van der Waals surface area contributed by atoms with Gasteiger partial charge in [0, 0.05) is 6.42 Å². The van der Waals surface area contributed by atoms with Gasteiger partial charge < -0.3 is 9.47 Å². The van der Waals surface area contributed by atoms with Gasteiger partial charge in [-0.3, -0.25) is 9.59 Å². The van der Waals surface area contributed by atoms with Crippen LogP contribution in [0.4, 0.5) is 0 Å². The fourth-order valence-corrected chi connectivity index (χ4v) is 2.57. The van der Waals surface area contributed by atoms with E-state index < -0.39 is 0 Å². The highest BCUT2D eigenvalue weighted by molar-refractivity contribution is 5.74. The molecule has 0 saturated heterocycles. The normalized spacial score (nSPS) is 11.8. The third-order valence-corrected chi connectivity index (χ3v) is 3.97. The second kappa shape index (κ2) is 12.6. The maximum absolute atomic E-state index is 12.4. The van der Waals surface area contributed by atoms with Gasteiger partial charge in [0.15, 0.2) is 0 Å². The maximum Gasteiger partial charge on any atom is 0.309 e. The number of carbonyl (C=O) groups is 2. The minimum atomic E-state index is -0.244. The lowest BCUT2D eigenvalue weighted by Crippen LogP contribution is -2.19. The van der Waals surface area contributed by atoms with Gasteiger partial charge in [0.25, 0.3) is 0 Å². The Hall–Kier alpha value is -1.84. The molecular weight excluding hydrogens is 304 g/mol. The molecule has 0 spiro atoms. The zero-order valence-corrected chi connectivity index (χ0v) is 15.0. The average molecular weight is 334 g/mol. The Bertz CT molecular complexity index is 470. The van der Waals surface area contributed by atoms with E-state index in [1.807, 2.05) is 30.3 Å². The lowest BCUT2D eigenvalue weighted by molar-refractivity contribution is -0.151. The van der Waals surface area contributed by atoms with Crippen LogP contribution in [-0.4, -0.2) is 18.5 Å². The van der Waals surface area contributed by atoms with Crippen LogP contribution in [0.3, 0.4) is 0 Å². The second-order valence-electron chi connectivity index (χ2n) is 5.98. The van der Waals surface area contributed by atoms with Gasteiger partial charge in [-0.15, -0.1) is 0 Å². The van der Waals surface area contributed by atoms with Crippen molar-refractivity contribution in [1.29, 1.82) is 0 Å². The van der Waals surface area contributed by atoms with Gasteiger partial charge in [-0.05, 0) is 25.3 Å². The van der Waals surface area contributed by atoms with Crippen molar-refractivity contribution < 1.29 is 19.1 Å². The molecule has 1 aromatic rings. The van der Waals surface area contributed by atoms with Crippen molar-refractivity contribution in [2.45, 2.75) is 65.4 Å². The monoisotopic (exact) mass is 334 g/mol. The van der Waals surface area contributed by atoms with Crippen molar-refractivity contribution >= 4 is 11.9 Å². The molecule has 4 nitrogen and oxygen atoms in total. The van der Waals surface area contributed by atoms with E-state index in [1.54, 1.807) is 6.92 Å². The summed E-state index contributed by atoms with van der Waals surface area (Å²) in [6.45, 7) is 4.60. The molecule has 1 aromatic carbocycles. The second-order valence-corrected chi connectivity index (χ2v) is 5.98. The van der Waals surface area contributed by atoms with Gasteiger partial charge in [0.2, 0.25) is 0 Å². The van der Waals surface area contributed by atoms with Crippen LogP contribution in [0.1, 0.15) is 64.4 Å².